The van der Waals surface area contributed by atoms with Crippen LogP contribution < -0.4 is 10.2 Å². The van der Waals surface area contributed by atoms with Gasteiger partial charge < -0.3 is 24.4 Å². The van der Waals surface area contributed by atoms with Gasteiger partial charge in [-0.1, -0.05) is 0 Å². The van der Waals surface area contributed by atoms with Crippen molar-refractivity contribution in [3.05, 3.63) is 47.9 Å². The standard InChI is InChI=1S/C22H24N4O4/c27-20-18-4-1-2-8-26(18)17-7-6-15(14-16(17)23-20)21(28)24-9-11-25(12-10-24)22(29)19-5-3-13-30-19/h3,5-7,13-14,18H,1-2,4,8-12H2,(H,23,27)/t18-/m0/s1. The number of piperidine rings is 1. The largest absolute Gasteiger partial charge is 0.459 e. The van der Waals surface area contributed by atoms with Gasteiger partial charge in [0.1, 0.15) is 6.04 Å². The van der Waals surface area contributed by atoms with Gasteiger partial charge in [-0.25, -0.2) is 0 Å². The molecule has 2 saturated heterocycles. The number of amides is 3. The Morgan fingerprint density at radius 3 is 2.47 bits per heavy atom. The van der Waals surface area contributed by atoms with Gasteiger partial charge in [0.05, 0.1) is 17.6 Å². The van der Waals surface area contributed by atoms with E-state index in [2.05, 4.69) is 10.2 Å². The molecule has 0 radical (unpaired) electrons. The molecule has 8 nitrogen and oxygen atoms in total. The van der Waals surface area contributed by atoms with Crippen molar-refractivity contribution in [3.63, 3.8) is 0 Å². The zero-order valence-corrected chi connectivity index (χ0v) is 16.7. The highest BCUT2D eigenvalue weighted by atomic mass is 16.3. The van der Waals surface area contributed by atoms with Crippen LogP contribution in [0.25, 0.3) is 0 Å². The summed E-state index contributed by atoms with van der Waals surface area (Å²) in [5.74, 6) is 0.0886. The monoisotopic (exact) mass is 408 g/mol. The average Bonchev–Trinajstić information content (AvgIpc) is 3.33. The van der Waals surface area contributed by atoms with Crippen LogP contribution in [0.3, 0.4) is 0 Å². The van der Waals surface area contributed by atoms with Crippen molar-refractivity contribution in [2.45, 2.75) is 25.3 Å². The van der Waals surface area contributed by atoms with Gasteiger partial charge in [0.15, 0.2) is 5.76 Å². The highest BCUT2D eigenvalue weighted by molar-refractivity contribution is 6.06. The number of carbonyl (C=O) groups is 3. The quantitative estimate of drug-likeness (QED) is 0.823. The zero-order valence-electron chi connectivity index (χ0n) is 16.7. The summed E-state index contributed by atoms with van der Waals surface area (Å²) in [5, 5.41) is 2.98. The Bertz CT molecular complexity index is 979. The minimum atomic E-state index is -0.153. The maximum Gasteiger partial charge on any atom is 0.289 e. The Kier molecular flexibility index (Phi) is 4.69. The lowest BCUT2D eigenvalue weighted by Crippen LogP contribution is -2.51. The van der Waals surface area contributed by atoms with Crippen LogP contribution in [0.15, 0.2) is 41.0 Å². The van der Waals surface area contributed by atoms with Crippen LogP contribution in [0.2, 0.25) is 0 Å². The van der Waals surface area contributed by atoms with Crippen molar-refractivity contribution in [3.8, 4) is 0 Å². The van der Waals surface area contributed by atoms with Crippen molar-refractivity contribution in [1.29, 1.82) is 0 Å². The fourth-order valence-electron chi connectivity index (χ4n) is 4.58. The van der Waals surface area contributed by atoms with Gasteiger partial charge in [-0.3, -0.25) is 14.4 Å². The van der Waals surface area contributed by atoms with Crippen LogP contribution in [0, 0.1) is 0 Å². The minimum Gasteiger partial charge on any atom is -0.459 e. The Morgan fingerprint density at radius 2 is 1.73 bits per heavy atom. The maximum atomic E-state index is 13.0. The van der Waals surface area contributed by atoms with Crippen LogP contribution >= 0.6 is 0 Å². The molecule has 30 heavy (non-hydrogen) atoms. The zero-order chi connectivity index (χ0) is 20.7. The Morgan fingerprint density at radius 1 is 0.967 bits per heavy atom. The summed E-state index contributed by atoms with van der Waals surface area (Å²) in [7, 11) is 0. The lowest BCUT2D eigenvalue weighted by molar-refractivity contribution is -0.118. The van der Waals surface area contributed by atoms with Crippen molar-refractivity contribution < 1.29 is 18.8 Å². The van der Waals surface area contributed by atoms with Crippen LogP contribution in [0.5, 0.6) is 0 Å². The van der Waals surface area contributed by atoms with E-state index in [0.717, 1.165) is 31.5 Å². The van der Waals surface area contributed by atoms with Crippen molar-refractivity contribution >= 4 is 29.1 Å². The SMILES string of the molecule is O=C1Nc2cc(C(=O)N3CCN(C(=O)c4ccco4)CC3)ccc2N2CCCC[C@@H]12. The number of carbonyl (C=O) groups excluding carboxylic acids is 3. The summed E-state index contributed by atoms with van der Waals surface area (Å²) < 4.78 is 5.18. The second-order valence-electron chi connectivity index (χ2n) is 7.99. The van der Waals surface area contributed by atoms with E-state index in [-0.39, 0.29) is 23.8 Å². The van der Waals surface area contributed by atoms with Crippen molar-refractivity contribution in [2.24, 2.45) is 0 Å². The maximum absolute atomic E-state index is 13.0. The van der Waals surface area contributed by atoms with Gasteiger partial charge in [0, 0.05) is 38.3 Å². The van der Waals surface area contributed by atoms with Gasteiger partial charge in [-0.15, -0.1) is 0 Å². The van der Waals surface area contributed by atoms with E-state index in [1.165, 1.54) is 6.26 Å². The molecule has 5 rings (SSSR count). The molecule has 0 saturated carbocycles. The third-order valence-electron chi connectivity index (χ3n) is 6.20. The van der Waals surface area contributed by atoms with Crippen LogP contribution in [0.4, 0.5) is 11.4 Å². The molecule has 2 fully saturated rings. The van der Waals surface area contributed by atoms with E-state index in [4.69, 9.17) is 4.42 Å². The molecule has 1 aromatic heterocycles. The topological polar surface area (TPSA) is 86.1 Å². The van der Waals surface area contributed by atoms with E-state index in [1.807, 2.05) is 12.1 Å². The number of nitrogens with one attached hydrogen (secondary N) is 1. The third kappa shape index (κ3) is 3.22. The molecule has 156 valence electrons. The minimum absolute atomic E-state index is 0.0110. The number of benzene rings is 1. The number of hydrogen-bond acceptors (Lipinski definition) is 5. The molecule has 8 heteroatoms. The van der Waals surface area contributed by atoms with E-state index >= 15 is 0 Å². The van der Waals surface area contributed by atoms with Crippen molar-refractivity contribution in [2.75, 3.05) is 42.9 Å². The van der Waals surface area contributed by atoms with Gasteiger partial charge in [0.25, 0.3) is 11.8 Å². The third-order valence-corrected chi connectivity index (χ3v) is 6.20. The summed E-state index contributed by atoms with van der Waals surface area (Å²) >= 11 is 0. The van der Waals surface area contributed by atoms with Gasteiger partial charge >= 0.3 is 0 Å². The molecule has 0 bridgehead atoms. The summed E-state index contributed by atoms with van der Waals surface area (Å²) in [4.78, 5) is 43.5. The van der Waals surface area contributed by atoms with Gasteiger partial charge in [-0.2, -0.15) is 0 Å². The Hall–Kier alpha value is -3.29. The summed E-state index contributed by atoms with van der Waals surface area (Å²) in [5.41, 5.74) is 2.25. The first-order valence-electron chi connectivity index (χ1n) is 10.5. The van der Waals surface area contributed by atoms with Crippen molar-refractivity contribution in [1.82, 2.24) is 9.80 Å². The summed E-state index contributed by atoms with van der Waals surface area (Å²) in [6.07, 6.45) is 4.49. The number of nitrogens with zero attached hydrogens (tertiary/aromatic N) is 3. The fourth-order valence-corrected chi connectivity index (χ4v) is 4.58. The molecule has 3 aliphatic heterocycles. The van der Waals surface area contributed by atoms with E-state index in [1.54, 1.807) is 28.0 Å². The van der Waals surface area contributed by atoms with E-state index < -0.39 is 0 Å². The highest BCUT2D eigenvalue weighted by Crippen LogP contribution is 2.36. The second-order valence-corrected chi connectivity index (χ2v) is 7.99. The number of fused-ring (bicyclic) bond motifs is 3. The number of furan rings is 1. The number of piperazine rings is 1. The number of rotatable bonds is 2. The molecule has 1 N–H and O–H groups in total. The summed E-state index contributed by atoms with van der Waals surface area (Å²) in [6.45, 7) is 2.71. The number of anilines is 2. The average molecular weight is 408 g/mol. The van der Waals surface area contributed by atoms with Crippen LogP contribution in [0.1, 0.15) is 40.2 Å². The first kappa shape index (κ1) is 18.7. The van der Waals surface area contributed by atoms with E-state index in [9.17, 15) is 14.4 Å². The number of hydrogen-bond donors (Lipinski definition) is 1. The molecule has 3 amide bonds. The molecule has 0 unspecified atom stereocenters. The molecular formula is C22H24N4O4. The first-order valence-corrected chi connectivity index (χ1v) is 10.5. The van der Waals surface area contributed by atoms with Gasteiger partial charge in [0.2, 0.25) is 5.91 Å². The lowest BCUT2D eigenvalue weighted by Gasteiger charge is -2.41. The molecule has 1 aromatic carbocycles. The molecule has 0 spiro atoms. The fraction of sp³-hybridized carbons (Fsp3) is 0.409. The molecule has 4 heterocycles. The molecule has 3 aliphatic rings. The van der Waals surface area contributed by atoms with Crippen LogP contribution in [-0.2, 0) is 4.79 Å². The van der Waals surface area contributed by atoms with Crippen LogP contribution in [-0.4, -0.2) is 66.3 Å². The molecular weight excluding hydrogens is 384 g/mol. The van der Waals surface area contributed by atoms with Gasteiger partial charge in [-0.05, 0) is 49.6 Å². The smallest absolute Gasteiger partial charge is 0.289 e. The first-order chi connectivity index (χ1) is 14.6. The summed E-state index contributed by atoms with van der Waals surface area (Å²) in [6, 6.07) is 8.79. The normalized spacial score (nSPS) is 21.0. The molecule has 2 aromatic rings. The predicted octanol–water partition coefficient (Wildman–Crippen LogP) is 2.19. The lowest BCUT2D eigenvalue weighted by atomic mass is 9.96. The van der Waals surface area contributed by atoms with E-state index in [0.29, 0.717) is 43.2 Å². The highest BCUT2D eigenvalue weighted by Gasteiger charge is 2.35. The second kappa shape index (κ2) is 7.51. The Labute approximate surface area is 174 Å². The predicted molar refractivity (Wildman–Crippen MR) is 111 cm³/mol. The Balaban J connectivity index is 1.28. The molecule has 1 atom stereocenters. The molecule has 0 aliphatic carbocycles.